The quantitative estimate of drug-likeness (QED) is 0.634. The van der Waals surface area contributed by atoms with E-state index in [9.17, 15) is 4.79 Å². The van der Waals surface area contributed by atoms with Crippen LogP contribution in [0.2, 0.25) is 0 Å². The molecule has 0 aliphatic carbocycles. The monoisotopic (exact) mass is 478 g/mol. The van der Waals surface area contributed by atoms with Crippen LogP contribution in [-0.2, 0) is 20.9 Å². The van der Waals surface area contributed by atoms with E-state index in [-0.39, 0.29) is 12.5 Å². The molecule has 160 valence electrons. The summed E-state index contributed by atoms with van der Waals surface area (Å²) in [7, 11) is 0. The minimum absolute atomic E-state index is 0.0575. The molecule has 0 bridgehead atoms. The first-order chi connectivity index (χ1) is 14.3. The van der Waals surface area contributed by atoms with Crippen LogP contribution in [0.25, 0.3) is 0 Å². The lowest BCUT2D eigenvalue weighted by molar-refractivity contribution is -0.159. The van der Waals surface area contributed by atoms with Crippen molar-refractivity contribution in [2.75, 3.05) is 32.8 Å². The Labute approximate surface area is 182 Å². The Morgan fingerprint density at radius 3 is 1.97 bits per heavy atom. The molecule has 8 nitrogen and oxygen atoms in total. The maximum atomic E-state index is 12.3. The number of benzene rings is 2. The average Bonchev–Trinajstić information content (AvgIpc) is 2.75. The molecular weight excluding hydrogens is 456 g/mol. The number of para-hydroxylation sites is 1. The summed E-state index contributed by atoms with van der Waals surface area (Å²) in [6.45, 7) is 4.34. The maximum Gasteiger partial charge on any atom is 0.414 e. The van der Waals surface area contributed by atoms with E-state index in [0.717, 1.165) is 42.9 Å². The molecule has 9 heteroatoms. The highest BCUT2D eigenvalue weighted by Gasteiger charge is 2.21. The van der Waals surface area contributed by atoms with Crippen LogP contribution in [0.15, 0.2) is 59.1 Å². The minimum atomic E-state index is -1.82. The van der Waals surface area contributed by atoms with Crippen molar-refractivity contribution in [3.8, 4) is 5.75 Å². The Hall–Kier alpha value is -2.91. The fourth-order valence-electron chi connectivity index (χ4n) is 2.76. The van der Waals surface area contributed by atoms with Gasteiger partial charge in [-0.15, -0.1) is 0 Å². The summed E-state index contributed by atoms with van der Waals surface area (Å²) >= 11 is 3.46. The van der Waals surface area contributed by atoms with Gasteiger partial charge >= 0.3 is 11.9 Å². The van der Waals surface area contributed by atoms with Gasteiger partial charge in [0.2, 0.25) is 0 Å². The molecule has 1 heterocycles. The number of hydrogen-bond donors (Lipinski definition) is 2. The molecule has 1 fully saturated rings. The van der Waals surface area contributed by atoms with E-state index in [0.29, 0.717) is 0 Å². The number of ether oxygens (including phenoxy) is 1. The molecular formula is C21H23BrN2O6. The van der Waals surface area contributed by atoms with Crippen LogP contribution < -0.4 is 4.74 Å². The molecule has 0 saturated carbocycles. The molecule has 0 radical (unpaired) electrons. The molecule has 30 heavy (non-hydrogen) atoms. The highest BCUT2D eigenvalue weighted by molar-refractivity contribution is 9.10. The topological polar surface area (TPSA) is 107 Å². The Morgan fingerprint density at radius 1 is 0.867 bits per heavy atom. The van der Waals surface area contributed by atoms with Gasteiger partial charge in [-0.3, -0.25) is 9.69 Å². The summed E-state index contributed by atoms with van der Waals surface area (Å²) in [5.41, 5.74) is 1.30. The van der Waals surface area contributed by atoms with Crippen LogP contribution in [0.1, 0.15) is 5.56 Å². The Morgan fingerprint density at radius 2 is 1.43 bits per heavy atom. The number of carboxylic acid groups (broad SMARTS) is 2. The van der Waals surface area contributed by atoms with E-state index in [1.807, 2.05) is 35.2 Å². The Bertz CT molecular complexity index is 824. The molecule has 0 aromatic heterocycles. The zero-order valence-corrected chi connectivity index (χ0v) is 17.8. The molecule has 0 atom stereocenters. The summed E-state index contributed by atoms with van der Waals surface area (Å²) in [5, 5.41) is 14.8. The number of carboxylic acids is 2. The molecule has 0 unspecified atom stereocenters. The SMILES string of the molecule is O=C(COc1ccccc1)N1CCN(Cc2ccc(Br)cc2)CC1.O=C(O)C(=O)O. The van der Waals surface area contributed by atoms with Gasteiger partial charge in [0.15, 0.2) is 6.61 Å². The predicted octanol–water partition coefficient (Wildman–Crippen LogP) is 2.33. The van der Waals surface area contributed by atoms with Crippen molar-refractivity contribution >= 4 is 33.8 Å². The van der Waals surface area contributed by atoms with E-state index in [2.05, 4.69) is 45.1 Å². The first-order valence-corrected chi connectivity index (χ1v) is 10.0. The number of nitrogens with zero attached hydrogens (tertiary/aromatic N) is 2. The lowest BCUT2D eigenvalue weighted by Crippen LogP contribution is -2.49. The second-order valence-electron chi connectivity index (χ2n) is 6.50. The van der Waals surface area contributed by atoms with Gasteiger partial charge in [-0.05, 0) is 29.8 Å². The molecule has 1 amide bonds. The molecule has 1 saturated heterocycles. The zero-order valence-electron chi connectivity index (χ0n) is 16.2. The molecule has 3 rings (SSSR count). The summed E-state index contributed by atoms with van der Waals surface area (Å²) in [6, 6.07) is 17.9. The highest BCUT2D eigenvalue weighted by Crippen LogP contribution is 2.14. The van der Waals surface area contributed by atoms with E-state index in [1.54, 1.807) is 0 Å². The van der Waals surface area contributed by atoms with Gasteiger partial charge in [0.25, 0.3) is 5.91 Å². The van der Waals surface area contributed by atoms with Gasteiger partial charge in [-0.25, -0.2) is 9.59 Å². The first-order valence-electron chi connectivity index (χ1n) is 9.24. The van der Waals surface area contributed by atoms with Crippen molar-refractivity contribution in [1.82, 2.24) is 9.80 Å². The van der Waals surface area contributed by atoms with Gasteiger partial charge in [-0.2, -0.15) is 0 Å². The number of aliphatic carboxylic acids is 2. The van der Waals surface area contributed by atoms with Crippen molar-refractivity contribution in [3.63, 3.8) is 0 Å². The summed E-state index contributed by atoms with van der Waals surface area (Å²) in [6.07, 6.45) is 0. The van der Waals surface area contributed by atoms with E-state index >= 15 is 0 Å². The molecule has 1 aliphatic rings. The summed E-state index contributed by atoms with van der Waals surface area (Å²) in [4.78, 5) is 34.7. The zero-order chi connectivity index (χ0) is 21.9. The number of carbonyl (C=O) groups is 3. The van der Waals surface area contributed by atoms with Crippen LogP contribution in [-0.4, -0.2) is 70.6 Å². The largest absolute Gasteiger partial charge is 0.484 e. The standard InChI is InChI=1S/C19H21BrN2O2.C2H2O4/c20-17-8-6-16(7-9-17)14-21-10-12-22(13-11-21)19(23)15-24-18-4-2-1-3-5-18;3-1(4)2(5)6/h1-9H,10-15H2;(H,3,4)(H,5,6). The first kappa shape index (κ1) is 23.4. The molecule has 2 N–H and O–H groups in total. The number of rotatable bonds is 5. The average molecular weight is 479 g/mol. The van der Waals surface area contributed by atoms with Gasteiger partial charge in [-0.1, -0.05) is 46.3 Å². The van der Waals surface area contributed by atoms with Crippen LogP contribution in [0.5, 0.6) is 5.75 Å². The normalized spacial score (nSPS) is 13.7. The Kier molecular flexibility index (Phi) is 9.30. The van der Waals surface area contributed by atoms with E-state index in [1.165, 1.54) is 5.56 Å². The fourth-order valence-corrected chi connectivity index (χ4v) is 3.02. The molecule has 0 spiro atoms. The van der Waals surface area contributed by atoms with Crippen molar-refractivity contribution in [1.29, 1.82) is 0 Å². The fraction of sp³-hybridized carbons (Fsp3) is 0.286. The van der Waals surface area contributed by atoms with Crippen molar-refractivity contribution in [2.45, 2.75) is 6.54 Å². The Balaban J connectivity index is 0.000000469. The van der Waals surface area contributed by atoms with Crippen molar-refractivity contribution < 1.29 is 29.3 Å². The number of amides is 1. The maximum absolute atomic E-state index is 12.3. The van der Waals surface area contributed by atoms with E-state index < -0.39 is 11.9 Å². The van der Waals surface area contributed by atoms with Crippen LogP contribution in [0.4, 0.5) is 0 Å². The van der Waals surface area contributed by atoms with Gasteiger partial charge in [0.1, 0.15) is 5.75 Å². The number of piperazine rings is 1. The van der Waals surface area contributed by atoms with E-state index in [4.69, 9.17) is 24.5 Å². The molecule has 2 aromatic carbocycles. The summed E-state index contributed by atoms with van der Waals surface area (Å²) < 4.78 is 6.64. The van der Waals surface area contributed by atoms with Gasteiger partial charge < -0.3 is 19.8 Å². The van der Waals surface area contributed by atoms with Crippen molar-refractivity contribution in [2.24, 2.45) is 0 Å². The number of carbonyl (C=O) groups excluding carboxylic acids is 1. The smallest absolute Gasteiger partial charge is 0.414 e. The third kappa shape index (κ3) is 8.22. The third-order valence-electron chi connectivity index (χ3n) is 4.33. The van der Waals surface area contributed by atoms with Crippen LogP contribution in [0.3, 0.4) is 0 Å². The van der Waals surface area contributed by atoms with Crippen molar-refractivity contribution in [3.05, 3.63) is 64.6 Å². The second kappa shape index (κ2) is 11.9. The lowest BCUT2D eigenvalue weighted by Gasteiger charge is -2.34. The second-order valence-corrected chi connectivity index (χ2v) is 7.41. The van der Waals surface area contributed by atoms with Gasteiger partial charge in [0.05, 0.1) is 0 Å². The van der Waals surface area contributed by atoms with Crippen LogP contribution in [0, 0.1) is 0 Å². The third-order valence-corrected chi connectivity index (χ3v) is 4.86. The molecule has 2 aromatic rings. The highest BCUT2D eigenvalue weighted by atomic mass is 79.9. The summed E-state index contributed by atoms with van der Waals surface area (Å²) in [5.74, 6) is -2.85. The number of hydrogen-bond acceptors (Lipinski definition) is 5. The molecule has 1 aliphatic heterocycles. The van der Waals surface area contributed by atoms with Gasteiger partial charge in [0, 0.05) is 37.2 Å². The minimum Gasteiger partial charge on any atom is -0.484 e. The number of halogens is 1. The predicted molar refractivity (Wildman–Crippen MR) is 113 cm³/mol. The van der Waals surface area contributed by atoms with Crippen LogP contribution >= 0.6 is 15.9 Å². The lowest BCUT2D eigenvalue weighted by atomic mass is 10.2.